The molecular formula is C10H8F8O4S2-2. The Morgan fingerprint density at radius 2 is 0.917 bits per heavy atom. The molecule has 0 saturated heterocycles. The average molecular weight is 408 g/mol. The molecule has 0 aromatic heterocycles. The molecule has 0 aromatic rings. The van der Waals surface area contributed by atoms with E-state index in [-0.39, 0.29) is 0 Å². The van der Waals surface area contributed by atoms with Crippen molar-refractivity contribution in [1.82, 2.24) is 0 Å². The van der Waals surface area contributed by atoms with E-state index in [1.54, 1.807) is 0 Å². The molecule has 0 aliphatic heterocycles. The van der Waals surface area contributed by atoms with Crippen LogP contribution in [0.5, 0.6) is 0 Å². The molecule has 14 heteroatoms. The minimum absolute atomic E-state index is 0.427. The smallest absolute Gasteiger partial charge is 0.361 e. The van der Waals surface area contributed by atoms with Gasteiger partial charge in [0, 0.05) is 0 Å². The summed E-state index contributed by atoms with van der Waals surface area (Å²) in [6, 6.07) is 0. The molecular weight excluding hydrogens is 400 g/mol. The van der Waals surface area contributed by atoms with Crippen LogP contribution in [0.25, 0.3) is 0 Å². The number of carboxylic acid groups (broad SMARTS) is 2. The SMILES string of the molecule is O=C([O-])C(F)(F)C(F)(F)SCCCCSC(F)(F)C(F)(F)C(=O)[O-]. The third-order valence-corrected chi connectivity index (χ3v) is 4.57. The number of halogens is 8. The van der Waals surface area contributed by atoms with Gasteiger partial charge in [0.05, 0.1) is 0 Å². The molecule has 0 heterocycles. The quantitative estimate of drug-likeness (QED) is 0.378. The van der Waals surface area contributed by atoms with E-state index in [2.05, 4.69) is 0 Å². The fourth-order valence-electron chi connectivity index (χ4n) is 1.02. The van der Waals surface area contributed by atoms with Gasteiger partial charge in [0.2, 0.25) is 0 Å². The molecule has 0 spiro atoms. The standard InChI is InChI=1S/C10H10F8O4S2/c11-7(12,5(19)20)9(15,16)23-3-1-2-4-24-10(17,18)8(13,14)6(21)22/h1-4H2,(H,19,20)(H,21,22)/p-2. The fourth-order valence-corrected chi connectivity index (χ4v) is 2.76. The Hall–Kier alpha value is -0.920. The number of carboxylic acids is 2. The number of aliphatic carboxylic acids is 2. The van der Waals surface area contributed by atoms with Gasteiger partial charge in [-0.05, 0) is 24.3 Å². The van der Waals surface area contributed by atoms with Gasteiger partial charge >= 0.3 is 22.4 Å². The molecule has 0 N–H and O–H groups in total. The van der Waals surface area contributed by atoms with Gasteiger partial charge in [0.25, 0.3) is 0 Å². The molecule has 0 rings (SSSR count). The second kappa shape index (κ2) is 7.97. The van der Waals surface area contributed by atoms with Crippen LogP contribution in [0, 0.1) is 0 Å². The summed E-state index contributed by atoms with van der Waals surface area (Å²) in [5.41, 5.74) is 0. The van der Waals surface area contributed by atoms with E-state index in [0.29, 0.717) is 0 Å². The summed E-state index contributed by atoms with van der Waals surface area (Å²) in [5.74, 6) is -19.1. The first kappa shape index (κ1) is 23.1. The maximum Gasteiger partial charge on any atom is 0.361 e. The predicted octanol–water partition coefficient (Wildman–Crippen LogP) is 1.19. The summed E-state index contributed by atoms with van der Waals surface area (Å²) in [6.45, 7) is 0. The Morgan fingerprint density at radius 1 is 0.667 bits per heavy atom. The summed E-state index contributed by atoms with van der Waals surface area (Å²) in [7, 11) is 0. The zero-order valence-electron chi connectivity index (χ0n) is 11.3. The van der Waals surface area contributed by atoms with E-state index in [1.165, 1.54) is 0 Å². The van der Waals surface area contributed by atoms with Crippen molar-refractivity contribution in [2.24, 2.45) is 0 Å². The van der Waals surface area contributed by atoms with Crippen LogP contribution in [0.2, 0.25) is 0 Å². The normalized spacial score (nSPS) is 13.8. The van der Waals surface area contributed by atoms with Gasteiger partial charge in [0.1, 0.15) is 11.9 Å². The van der Waals surface area contributed by atoms with Crippen molar-refractivity contribution >= 4 is 35.5 Å². The van der Waals surface area contributed by atoms with Gasteiger partial charge in [-0.25, -0.2) is 0 Å². The highest BCUT2D eigenvalue weighted by Gasteiger charge is 2.58. The molecule has 4 nitrogen and oxygen atoms in total. The van der Waals surface area contributed by atoms with Crippen LogP contribution in [0.4, 0.5) is 35.1 Å². The minimum atomic E-state index is -5.45. The number of hydrogen-bond donors (Lipinski definition) is 0. The number of alkyl halides is 8. The first-order valence-electron chi connectivity index (χ1n) is 5.81. The lowest BCUT2D eigenvalue weighted by Gasteiger charge is -2.27. The lowest BCUT2D eigenvalue weighted by Crippen LogP contribution is -2.52. The Bertz CT molecular complexity index is 430. The van der Waals surface area contributed by atoms with Gasteiger partial charge in [-0.1, -0.05) is 23.5 Å². The molecule has 0 unspecified atom stereocenters. The second-order valence-electron chi connectivity index (χ2n) is 4.16. The van der Waals surface area contributed by atoms with Gasteiger partial charge < -0.3 is 19.8 Å². The van der Waals surface area contributed by atoms with Crippen molar-refractivity contribution in [2.75, 3.05) is 11.5 Å². The Balaban J connectivity index is 4.30. The molecule has 0 saturated carbocycles. The number of unbranched alkanes of at least 4 members (excludes halogenated alkanes) is 1. The van der Waals surface area contributed by atoms with Crippen molar-refractivity contribution in [3.8, 4) is 0 Å². The highest BCUT2D eigenvalue weighted by atomic mass is 32.2. The van der Waals surface area contributed by atoms with Gasteiger partial charge in [0.15, 0.2) is 0 Å². The van der Waals surface area contributed by atoms with E-state index >= 15 is 0 Å². The van der Waals surface area contributed by atoms with E-state index in [1.807, 2.05) is 0 Å². The van der Waals surface area contributed by atoms with Crippen LogP contribution >= 0.6 is 23.5 Å². The predicted molar refractivity (Wildman–Crippen MR) is 64.0 cm³/mol. The molecule has 0 aliphatic rings. The third kappa shape index (κ3) is 5.29. The maximum atomic E-state index is 12.9. The third-order valence-electron chi connectivity index (χ3n) is 2.35. The van der Waals surface area contributed by atoms with Crippen LogP contribution in [0.15, 0.2) is 0 Å². The van der Waals surface area contributed by atoms with E-state index in [0.717, 1.165) is 0 Å². The monoisotopic (exact) mass is 408 g/mol. The van der Waals surface area contributed by atoms with Gasteiger partial charge in [-0.3, -0.25) is 0 Å². The van der Waals surface area contributed by atoms with Crippen molar-refractivity contribution in [3.05, 3.63) is 0 Å². The molecule has 142 valence electrons. The lowest BCUT2D eigenvalue weighted by atomic mass is 10.3. The molecule has 0 fully saturated rings. The van der Waals surface area contributed by atoms with Crippen molar-refractivity contribution in [3.63, 3.8) is 0 Å². The second-order valence-corrected chi connectivity index (χ2v) is 6.58. The van der Waals surface area contributed by atoms with E-state index in [9.17, 15) is 54.9 Å². The Labute approximate surface area is 138 Å². The molecule has 0 amide bonds. The summed E-state index contributed by atoms with van der Waals surface area (Å²) >= 11 is -1.54. The molecule has 24 heavy (non-hydrogen) atoms. The molecule has 0 bridgehead atoms. The van der Waals surface area contributed by atoms with Crippen LogP contribution in [0.1, 0.15) is 12.8 Å². The van der Waals surface area contributed by atoms with Crippen LogP contribution in [-0.4, -0.2) is 45.8 Å². The average Bonchev–Trinajstić information content (AvgIpc) is 2.41. The zero-order valence-corrected chi connectivity index (χ0v) is 12.9. The first-order valence-corrected chi connectivity index (χ1v) is 7.79. The van der Waals surface area contributed by atoms with Crippen LogP contribution in [0.3, 0.4) is 0 Å². The maximum absolute atomic E-state index is 12.9. The Morgan fingerprint density at radius 3 is 1.12 bits per heavy atom. The highest BCUT2D eigenvalue weighted by Crippen LogP contribution is 2.45. The molecule has 0 aromatic carbocycles. The number of carbonyl (C=O) groups is 2. The minimum Gasteiger partial charge on any atom is -0.544 e. The van der Waals surface area contributed by atoms with Crippen molar-refractivity contribution in [2.45, 2.75) is 35.2 Å². The van der Waals surface area contributed by atoms with Crippen molar-refractivity contribution < 1.29 is 54.9 Å². The van der Waals surface area contributed by atoms with Crippen LogP contribution < -0.4 is 10.2 Å². The molecule has 0 radical (unpaired) electrons. The summed E-state index contributed by atoms with van der Waals surface area (Å²) < 4.78 is 102. The zero-order chi connectivity index (χ0) is 19.4. The Kier molecular flexibility index (Phi) is 7.67. The number of carbonyl (C=O) groups excluding carboxylic acids is 2. The summed E-state index contributed by atoms with van der Waals surface area (Å²) in [6.07, 6.45) is -0.854. The van der Waals surface area contributed by atoms with Crippen molar-refractivity contribution in [1.29, 1.82) is 0 Å². The molecule has 0 atom stereocenters. The number of hydrogen-bond acceptors (Lipinski definition) is 6. The topological polar surface area (TPSA) is 80.3 Å². The van der Waals surface area contributed by atoms with E-state index < -0.39 is 82.2 Å². The van der Waals surface area contributed by atoms with Crippen LogP contribution in [-0.2, 0) is 9.59 Å². The lowest BCUT2D eigenvalue weighted by molar-refractivity contribution is -0.341. The molecule has 0 aliphatic carbocycles. The highest BCUT2D eigenvalue weighted by molar-refractivity contribution is 8.00. The first-order chi connectivity index (χ1) is 10.6. The summed E-state index contributed by atoms with van der Waals surface area (Å²) in [5, 5.41) is 9.78. The summed E-state index contributed by atoms with van der Waals surface area (Å²) in [4.78, 5) is 19.8. The van der Waals surface area contributed by atoms with E-state index in [4.69, 9.17) is 0 Å². The number of rotatable bonds is 11. The fraction of sp³-hybridized carbons (Fsp3) is 0.800. The van der Waals surface area contributed by atoms with Gasteiger partial charge in [-0.15, -0.1) is 0 Å². The van der Waals surface area contributed by atoms with Gasteiger partial charge in [-0.2, -0.15) is 35.1 Å². The number of thioether (sulfide) groups is 2. The largest absolute Gasteiger partial charge is 0.544 e.